The molecule has 0 atom stereocenters. The number of carbonyl (C=O) groups is 1. The highest BCUT2D eigenvalue weighted by Crippen LogP contribution is 2.34. The van der Waals surface area contributed by atoms with Crippen molar-refractivity contribution in [3.05, 3.63) is 40.5 Å². The van der Waals surface area contributed by atoms with Crippen LogP contribution in [0, 0.1) is 6.92 Å². The van der Waals surface area contributed by atoms with E-state index in [2.05, 4.69) is 0 Å². The first kappa shape index (κ1) is 15.3. The zero-order valence-electron chi connectivity index (χ0n) is 10.7. The van der Waals surface area contributed by atoms with E-state index in [0.717, 1.165) is 6.42 Å². The zero-order valence-corrected chi connectivity index (χ0v) is 10.7. The van der Waals surface area contributed by atoms with Crippen molar-refractivity contribution in [3.63, 3.8) is 0 Å². The van der Waals surface area contributed by atoms with Crippen LogP contribution in [0.3, 0.4) is 0 Å². The second-order valence-electron chi connectivity index (χ2n) is 4.25. The van der Waals surface area contributed by atoms with Gasteiger partial charge in [0.05, 0.1) is 11.1 Å². The number of unbranched alkanes of at least 4 members (excludes halogenated alkanes) is 1. The number of rotatable bonds is 4. The third-order valence-corrected chi connectivity index (χ3v) is 2.69. The lowest BCUT2D eigenvalue weighted by Crippen LogP contribution is -2.11. The molecule has 5 heteroatoms. The minimum atomic E-state index is -4.57. The van der Waals surface area contributed by atoms with Gasteiger partial charge >= 0.3 is 12.1 Å². The van der Waals surface area contributed by atoms with Gasteiger partial charge in [-0.1, -0.05) is 31.6 Å². The van der Waals surface area contributed by atoms with Crippen LogP contribution in [0.5, 0.6) is 0 Å². The molecule has 0 aromatic heterocycles. The van der Waals surface area contributed by atoms with Crippen LogP contribution in [0.1, 0.15) is 46.8 Å². The second kappa shape index (κ2) is 5.91. The first-order valence-electron chi connectivity index (χ1n) is 5.89. The number of allylic oxidation sites excluding steroid dienone is 1. The van der Waals surface area contributed by atoms with Crippen molar-refractivity contribution in [1.82, 2.24) is 0 Å². The standard InChI is InChI=1S/C14H15F3O2/c1-3-4-5-6-10-7-9(2)11(13(18)19)8-12(10)14(15,16)17/h5-8H,3-4H2,1-2H3,(H,18,19). The Labute approximate surface area is 109 Å². The fraction of sp³-hybridized carbons (Fsp3) is 0.357. The number of aryl methyl sites for hydroxylation is 1. The fourth-order valence-corrected chi connectivity index (χ4v) is 1.72. The van der Waals surface area contributed by atoms with Crippen molar-refractivity contribution >= 4 is 12.0 Å². The smallest absolute Gasteiger partial charge is 0.417 e. The zero-order chi connectivity index (χ0) is 14.6. The maximum Gasteiger partial charge on any atom is 0.417 e. The SMILES string of the molecule is CCCC=Cc1cc(C)c(C(=O)O)cc1C(F)(F)F. The molecule has 2 nitrogen and oxygen atoms in total. The molecule has 0 fully saturated rings. The van der Waals surface area contributed by atoms with Gasteiger partial charge in [-0.25, -0.2) is 4.79 Å². The molecule has 0 unspecified atom stereocenters. The van der Waals surface area contributed by atoms with Crippen molar-refractivity contribution in [3.8, 4) is 0 Å². The van der Waals surface area contributed by atoms with Crippen LogP contribution < -0.4 is 0 Å². The third-order valence-electron chi connectivity index (χ3n) is 2.69. The number of carboxylic acids is 1. The molecule has 0 heterocycles. The molecule has 0 aliphatic carbocycles. The van der Waals surface area contributed by atoms with Crippen LogP contribution >= 0.6 is 0 Å². The van der Waals surface area contributed by atoms with Gasteiger partial charge in [-0.3, -0.25) is 0 Å². The first-order chi connectivity index (χ1) is 8.77. The summed E-state index contributed by atoms with van der Waals surface area (Å²) >= 11 is 0. The van der Waals surface area contributed by atoms with Gasteiger partial charge in [0.15, 0.2) is 0 Å². The molecule has 0 aliphatic rings. The summed E-state index contributed by atoms with van der Waals surface area (Å²) in [6, 6.07) is 1.96. The predicted octanol–water partition coefficient (Wildman–Crippen LogP) is 4.53. The summed E-state index contributed by atoms with van der Waals surface area (Å²) < 4.78 is 38.7. The summed E-state index contributed by atoms with van der Waals surface area (Å²) in [4.78, 5) is 10.9. The van der Waals surface area contributed by atoms with Gasteiger partial charge in [0.25, 0.3) is 0 Å². The highest BCUT2D eigenvalue weighted by Gasteiger charge is 2.34. The van der Waals surface area contributed by atoms with Gasteiger partial charge in [-0.2, -0.15) is 13.2 Å². The number of aromatic carboxylic acids is 1. The summed E-state index contributed by atoms with van der Waals surface area (Å²) in [6.45, 7) is 3.41. The molecular weight excluding hydrogens is 257 g/mol. The number of carboxylic acid groups (broad SMARTS) is 1. The van der Waals surface area contributed by atoms with Gasteiger partial charge in [0.1, 0.15) is 0 Å². The number of hydrogen-bond donors (Lipinski definition) is 1. The summed E-state index contributed by atoms with van der Waals surface area (Å²) in [5, 5.41) is 8.88. The van der Waals surface area contributed by atoms with E-state index in [1.54, 1.807) is 6.08 Å². The van der Waals surface area contributed by atoms with Crippen LogP contribution in [0.15, 0.2) is 18.2 Å². The minimum Gasteiger partial charge on any atom is -0.478 e. The molecule has 0 bridgehead atoms. The number of alkyl halides is 3. The van der Waals surface area contributed by atoms with E-state index in [4.69, 9.17) is 5.11 Å². The predicted molar refractivity (Wildman–Crippen MR) is 67.1 cm³/mol. The average Bonchev–Trinajstić information content (AvgIpc) is 2.27. The molecular formula is C14H15F3O2. The summed E-state index contributed by atoms with van der Waals surface area (Å²) in [5.41, 5.74) is -0.914. The van der Waals surface area contributed by atoms with Gasteiger partial charge in [0.2, 0.25) is 0 Å². The highest BCUT2D eigenvalue weighted by atomic mass is 19.4. The minimum absolute atomic E-state index is 0.00319. The number of benzene rings is 1. The van der Waals surface area contributed by atoms with Gasteiger partial charge in [-0.05, 0) is 30.5 Å². The molecule has 0 saturated heterocycles. The van der Waals surface area contributed by atoms with E-state index in [-0.39, 0.29) is 11.1 Å². The quantitative estimate of drug-likeness (QED) is 0.874. The van der Waals surface area contributed by atoms with Crippen LogP contribution in [0.25, 0.3) is 6.08 Å². The number of halogens is 3. The maximum atomic E-state index is 12.9. The average molecular weight is 272 g/mol. The molecule has 0 amide bonds. The Hall–Kier alpha value is -1.78. The molecule has 0 aliphatic heterocycles. The topological polar surface area (TPSA) is 37.3 Å². The molecule has 1 aromatic rings. The lowest BCUT2D eigenvalue weighted by molar-refractivity contribution is -0.137. The Balaban J connectivity index is 3.37. The van der Waals surface area contributed by atoms with Crippen LogP contribution in [-0.2, 0) is 6.18 Å². The van der Waals surface area contributed by atoms with Crippen molar-refractivity contribution in [1.29, 1.82) is 0 Å². The second-order valence-corrected chi connectivity index (χ2v) is 4.25. The van der Waals surface area contributed by atoms with Crippen molar-refractivity contribution < 1.29 is 23.1 Å². The Morgan fingerprint density at radius 3 is 2.47 bits per heavy atom. The Kier molecular flexibility index (Phi) is 4.75. The van der Waals surface area contributed by atoms with Crippen molar-refractivity contribution in [2.24, 2.45) is 0 Å². The van der Waals surface area contributed by atoms with Gasteiger partial charge < -0.3 is 5.11 Å². The fourth-order valence-electron chi connectivity index (χ4n) is 1.72. The maximum absolute atomic E-state index is 12.9. The van der Waals surface area contributed by atoms with E-state index in [1.807, 2.05) is 6.92 Å². The Morgan fingerprint density at radius 1 is 1.37 bits per heavy atom. The monoisotopic (exact) mass is 272 g/mol. The summed E-state index contributed by atoms with van der Waals surface area (Å²) in [7, 11) is 0. The molecule has 1 rings (SSSR count). The Morgan fingerprint density at radius 2 is 2.00 bits per heavy atom. The molecule has 0 spiro atoms. The summed E-state index contributed by atoms with van der Waals surface area (Å²) in [6.07, 6.45) is 0.000263. The first-order valence-corrected chi connectivity index (χ1v) is 5.89. The van der Waals surface area contributed by atoms with Gasteiger partial charge in [-0.15, -0.1) is 0 Å². The van der Waals surface area contributed by atoms with Crippen LogP contribution in [-0.4, -0.2) is 11.1 Å². The molecule has 0 radical (unpaired) electrons. The van der Waals surface area contributed by atoms with Crippen LogP contribution in [0.2, 0.25) is 0 Å². The third kappa shape index (κ3) is 3.84. The van der Waals surface area contributed by atoms with Gasteiger partial charge in [0, 0.05) is 0 Å². The molecule has 1 N–H and O–H groups in total. The van der Waals surface area contributed by atoms with Crippen molar-refractivity contribution in [2.75, 3.05) is 0 Å². The van der Waals surface area contributed by atoms with E-state index in [9.17, 15) is 18.0 Å². The lowest BCUT2D eigenvalue weighted by atomic mass is 9.98. The van der Waals surface area contributed by atoms with E-state index in [1.165, 1.54) is 19.1 Å². The number of hydrogen-bond acceptors (Lipinski definition) is 1. The molecule has 19 heavy (non-hydrogen) atoms. The van der Waals surface area contributed by atoms with E-state index in [0.29, 0.717) is 18.1 Å². The van der Waals surface area contributed by atoms with E-state index >= 15 is 0 Å². The largest absolute Gasteiger partial charge is 0.478 e. The lowest BCUT2D eigenvalue weighted by Gasteiger charge is -2.13. The van der Waals surface area contributed by atoms with Crippen molar-refractivity contribution in [2.45, 2.75) is 32.9 Å². The van der Waals surface area contributed by atoms with E-state index < -0.39 is 17.7 Å². The van der Waals surface area contributed by atoms with Crippen LogP contribution in [0.4, 0.5) is 13.2 Å². The molecule has 104 valence electrons. The Bertz CT molecular complexity index is 502. The summed E-state index contributed by atoms with van der Waals surface area (Å²) in [5.74, 6) is -1.35. The molecule has 1 aromatic carbocycles. The normalized spacial score (nSPS) is 12.1. The molecule has 0 saturated carbocycles. The highest BCUT2D eigenvalue weighted by molar-refractivity contribution is 5.90.